The second-order valence-corrected chi connectivity index (χ2v) is 13.9. The van der Waals surface area contributed by atoms with Crippen LogP contribution in [-0.4, -0.2) is 72.8 Å². The molecule has 234 valence electrons. The summed E-state index contributed by atoms with van der Waals surface area (Å²) in [6.45, 7) is 1.04. The van der Waals surface area contributed by atoms with Gasteiger partial charge in [0.1, 0.15) is 23.5 Å². The predicted molar refractivity (Wildman–Crippen MR) is 153 cm³/mol. The summed E-state index contributed by atoms with van der Waals surface area (Å²) in [6, 6.07) is 5.90. The van der Waals surface area contributed by atoms with E-state index in [0.29, 0.717) is 50.4 Å². The van der Waals surface area contributed by atoms with Gasteiger partial charge in [-0.15, -0.1) is 0 Å². The summed E-state index contributed by atoms with van der Waals surface area (Å²) in [5, 5.41) is 18.3. The number of nitrogens with one attached hydrogen (secondary N) is 3. The molecule has 5 rings (SSSR count). The number of halogens is 3. The van der Waals surface area contributed by atoms with E-state index in [4.69, 9.17) is 0 Å². The Labute approximate surface area is 249 Å². The Bertz CT molecular complexity index is 1410. The number of piperazine rings is 1. The number of amides is 2. The number of carbonyl (C=O) groups is 2. The zero-order valence-corrected chi connectivity index (χ0v) is 24.5. The van der Waals surface area contributed by atoms with Gasteiger partial charge in [-0.1, -0.05) is 18.6 Å². The van der Waals surface area contributed by atoms with Crippen LogP contribution in [0.2, 0.25) is 0 Å². The van der Waals surface area contributed by atoms with Crippen molar-refractivity contribution in [2.24, 2.45) is 5.92 Å². The molecule has 2 aliphatic heterocycles. The first kappa shape index (κ1) is 31.3. The van der Waals surface area contributed by atoms with E-state index in [-0.39, 0.29) is 35.4 Å². The van der Waals surface area contributed by atoms with Gasteiger partial charge in [0.15, 0.2) is 0 Å². The first-order valence-electron chi connectivity index (χ1n) is 14.7. The van der Waals surface area contributed by atoms with Crippen LogP contribution in [0.3, 0.4) is 0 Å². The van der Waals surface area contributed by atoms with Crippen molar-refractivity contribution in [3.63, 3.8) is 0 Å². The fourth-order valence-electron chi connectivity index (χ4n) is 6.93. The highest BCUT2D eigenvalue weighted by Gasteiger charge is 2.40. The average Bonchev–Trinajstić information content (AvgIpc) is 3.34. The van der Waals surface area contributed by atoms with Gasteiger partial charge < -0.3 is 21.1 Å². The Hall–Kier alpha value is -3.16. The van der Waals surface area contributed by atoms with Crippen LogP contribution in [0.1, 0.15) is 62.0 Å². The third-order valence-corrected chi connectivity index (χ3v) is 11.0. The molecule has 3 aliphatic rings. The number of fused-ring (bicyclic) bond motifs is 2. The van der Waals surface area contributed by atoms with Crippen LogP contribution in [0.15, 0.2) is 42.5 Å². The number of rotatable bonds is 9. The van der Waals surface area contributed by atoms with Crippen LogP contribution >= 0.6 is 0 Å². The molecular weight excluding hydrogens is 585 g/mol. The molecule has 1 saturated carbocycles. The molecule has 1 unspecified atom stereocenters. The SMILES string of the molecule is O=C(O)N[C@H](C(=O)N[C@H]1CCC[C@@H]1CC[C@H]1CN[C@@H]2CCCS(=O)(=O)N1C2)[C@@H](c1ccc(F)cc1)c1cc(F)cc(F)c1. The standard InChI is InChI=1S/C30H37F3N4O5S/c31-21-9-6-19(7-10-21)27(20-13-22(32)15-23(33)14-20)28(36-30(39)40)29(38)35-26-5-1-3-18(26)8-11-25-16-34-24-4-2-12-43(41,42)37(25)17-24/h6-7,9-10,13-15,18,24-28,34,36H,1-5,8,11-12,16-17H2,(H,35,38)(H,39,40)/t18-,24-,25+,26+,27+,28+/m1/s1. The maximum Gasteiger partial charge on any atom is 0.405 e. The molecule has 13 heteroatoms. The molecule has 2 heterocycles. The van der Waals surface area contributed by atoms with E-state index in [1.165, 1.54) is 12.1 Å². The minimum Gasteiger partial charge on any atom is -0.465 e. The molecule has 2 saturated heterocycles. The third kappa shape index (κ3) is 7.50. The Morgan fingerprint density at radius 3 is 2.37 bits per heavy atom. The molecule has 2 amide bonds. The van der Waals surface area contributed by atoms with Crippen molar-refractivity contribution in [2.75, 3.05) is 18.8 Å². The second-order valence-electron chi connectivity index (χ2n) is 11.8. The van der Waals surface area contributed by atoms with Crippen LogP contribution in [0.4, 0.5) is 18.0 Å². The highest BCUT2D eigenvalue weighted by atomic mass is 32.2. The summed E-state index contributed by atoms with van der Waals surface area (Å²) in [4.78, 5) is 25.6. The highest BCUT2D eigenvalue weighted by molar-refractivity contribution is 7.89. The van der Waals surface area contributed by atoms with E-state index in [1.54, 1.807) is 4.31 Å². The number of sulfonamides is 1. The normalized spacial score (nSPS) is 27.9. The number of hydrogen-bond acceptors (Lipinski definition) is 5. The first-order valence-corrected chi connectivity index (χ1v) is 16.4. The third-order valence-electron chi connectivity index (χ3n) is 8.99. The lowest BCUT2D eigenvalue weighted by Gasteiger charge is -2.38. The molecule has 3 fully saturated rings. The van der Waals surface area contributed by atoms with Gasteiger partial charge in [-0.05, 0) is 79.8 Å². The molecule has 43 heavy (non-hydrogen) atoms. The quantitative estimate of drug-likeness (QED) is 0.338. The smallest absolute Gasteiger partial charge is 0.405 e. The van der Waals surface area contributed by atoms with E-state index >= 15 is 0 Å². The van der Waals surface area contributed by atoms with Crippen molar-refractivity contribution in [2.45, 2.75) is 75.0 Å². The fraction of sp³-hybridized carbons (Fsp3) is 0.533. The van der Waals surface area contributed by atoms with E-state index in [9.17, 15) is 36.3 Å². The zero-order chi connectivity index (χ0) is 30.7. The Morgan fingerprint density at radius 1 is 0.953 bits per heavy atom. The van der Waals surface area contributed by atoms with Crippen LogP contribution in [0.25, 0.3) is 0 Å². The topological polar surface area (TPSA) is 128 Å². The van der Waals surface area contributed by atoms with E-state index in [2.05, 4.69) is 16.0 Å². The number of nitrogens with zero attached hydrogens (tertiary/aromatic N) is 1. The van der Waals surface area contributed by atoms with E-state index in [1.807, 2.05) is 0 Å². The number of carbonyl (C=O) groups excluding carboxylic acids is 1. The van der Waals surface area contributed by atoms with Gasteiger partial charge in [0, 0.05) is 43.2 Å². The highest BCUT2D eigenvalue weighted by Crippen LogP contribution is 2.34. The average molecular weight is 623 g/mol. The van der Waals surface area contributed by atoms with Crippen LogP contribution < -0.4 is 16.0 Å². The van der Waals surface area contributed by atoms with Crippen molar-refractivity contribution in [1.29, 1.82) is 0 Å². The van der Waals surface area contributed by atoms with Crippen molar-refractivity contribution < 1.29 is 36.3 Å². The Morgan fingerprint density at radius 2 is 1.67 bits per heavy atom. The number of hydrogen-bond donors (Lipinski definition) is 4. The predicted octanol–water partition coefficient (Wildman–Crippen LogP) is 3.70. The fourth-order valence-corrected chi connectivity index (χ4v) is 8.74. The molecule has 2 bridgehead atoms. The summed E-state index contributed by atoms with van der Waals surface area (Å²) < 4.78 is 69.7. The minimum atomic E-state index is -3.33. The van der Waals surface area contributed by atoms with Gasteiger partial charge >= 0.3 is 6.09 Å². The monoisotopic (exact) mass is 622 g/mol. The first-order chi connectivity index (χ1) is 20.5. The summed E-state index contributed by atoms with van der Waals surface area (Å²) in [5.41, 5.74) is 0.313. The van der Waals surface area contributed by atoms with Crippen molar-refractivity contribution in [3.05, 3.63) is 71.0 Å². The van der Waals surface area contributed by atoms with Crippen LogP contribution in [0, 0.1) is 23.4 Å². The largest absolute Gasteiger partial charge is 0.465 e. The maximum atomic E-state index is 14.3. The van der Waals surface area contributed by atoms with Crippen LogP contribution in [0.5, 0.6) is 0 Å². The molecule has 0 radical (unpaired) electrons. The Kier molecular flexibility index (Phi) is 9.62. The molecule has 1 aliphatic carbocycles. The lowest BCUT2D eigenvalue weighted by molar-refractivity contribution is -0.124. The minimum absolute atomic E-state index is 0.0164. The van der Waals surface area contributed by atoms with Gasteiger partial charge in [-0.25, -0.2) is 26.4 Å². The van der Waals surface area contributed by atoms with Gasteiger partial charge in [0.05, 0.1) is 5.75 Å². The molecule has 4 N–H and O–H groups in total. The van der Waals surface area contributed by atoms with Gasteiger partial charge in [0.2, 0.25) is 15.9 Å². The molecular formula is C30H37F3N4O5S. The number of carboxylic acid groups (broad SMARTS) is 1. The van der Waals surface area contributed by atoms with E-state index < -0.39 is 51.4 Å². The number of benzene rings is 2. The van der Waals surface area contributed by atoms with Gasteiger partial charge in [0.25, 0.3) is 0 Å². The Balaban J connectivity index is 1.34. The summed E-state index contributed by atoms with van der Waals surface area (Å²) >= 11 is 0. The molecule has 0 spiro atoms. The lowest BCUT2D eigenvalue weighted by Crippen LogP contribution is -2.57. The molecule has 9 nitrogen and oxygen atoms in total. The molecule has 2 aromatic carbocycles. The lowest BCUT2D eigenvalue weighted by atomic mass is 9.84. The van der Waals surface area contributed by atoms with Crippen molar-refractivity contribution >= 4 is 22.0 Å². The van der Waals surface area contributed by atoms with E-state index in [0.717, 1.165) is 43.5 Å². The summed E-state index contributed by atoms with van der Waals surface area (Å²) in [7, 11) is -3.33. The summed E-state index contributed by atoms with van der Waals surface area (Å²) in [5.74, 6) is -4.01. The van der Waals surface area contributed by atoms with Crippen molar-refractivity contribution in [1.82, 2.24) is 20.3 Å². The maximum absolute atomic E-state index is 14.3. The van der Waals surface area contributed by atoms with Crippen molar-refractivity contribution in [3.8, 4) is 0 Å². The molecule has 7 atom stereocenters. The van der Waals surface area contributed by atoms with Gasteiger partial charge in [-0.3, -0.25) is 4.79 Å². The molecule has 0 aromatic heterocycles. The summed E-state index contributed by atoms with van der Waals surface area (Å²) in [6.07, 6.45) is 3.53. The zero-order valence-electron chi connectivity index (χ0n) is 23.6. The second kappa shape index (κ2) is 13.2. The van der Waals surface area contributed by atoms with Gasteiger partial charge in [-0.2, -0.15) is 4.31 Å². The van der Waals surface area contributed by atoms with Crippen LogP contribution in [-0.2, 0) is 14.8 Å². The molecule has 2 aromatic rings.